The lowest BCUT2D eigenvalue weighted by Crippen LogP contribution is -2.42. The molecule has 1 aromatic carbocycles. The molecule has 1 saturated carbocycles. The molecule has 3 rings (SSSR count). The fraction of sp³-hybridized carbons (Fsp3) is 0.562. The molecule has 2 heteroatoms. The van der Waals surface area contributed by atoms with Crippen molar-refractivity contribution in [2.75, 3.05) is 11.9 Å². The van der Waals surface area contributed by atoms with Crippen molar-refractivity contribution >= 4 is 11.5 Å². The molecule has 18 heavy (non-hydrogen) atoms. The molecular weight excluding hydrogens is 222 g/mol. The molecule has 2 atom stereocenters. The Morgan fingerprint density at radius 3 is 2.83 bits per heavy atom. The first kappa shape index (κ1) is 11.8. The third-order valence-corrected chi connectivity index (χ3v) is 4.62. The van der Waals surface area contributed by atoms with Crippen LogP contribution in [0.3, 0.4) is 0 Å². The Morgan fingerprint density at radius 1 is 1.17 bits per heavy atom. The Morgan fingerprint density at radius 2 is 1.94 bits per heavy atom. The van der Waals surface area contributed by atoms with Crippen LogP contribution >= 0.6 is 0 Å². The largest absolute Gasteiger partial charge is 0.371 e. The van der Waals surface area contributed by atoms with E-state index in [4.69, 9.17) is 0 Å². The van der Waals surface area contributed by atoms with Crippen LogP contribution in [-0.2, 0) is 11.2 Å². The highest BCUT2D eigenvalue weighted by Gasteiger charge is 2.32. The van der Waals surface area contributed by atoms with Gasteiger partial charge in [-0.05, 0) is 30.4 Å². The quantitative estimate of drug-likeness (QED) is 0.697. The second-order valence-electron chi connectivity index (χ2n) is 5.77. The van der Waals surface area contributed by atoms with Crippen molar-refractivity contribution < 1.29 is 4.79 Å². The number of hydrogen-bond donors (Lipinski definition) is 0. The lowest BCUT2D eigenvalue weighted by Gasteiger charge is -2.41. The van der Waals surface area contributed by atoms with E-state index in [1.165, 1.54) is 36.9 Å². The highest BCUT2D eigenvalue weighted by Crippen LogP contribution is 2.36. The monoisotopic (exact) mass is 243 g/mol. The van der Waals surface area contributed by atoms with Crippen LogP contribution in [0.1, 0.15) is 37.7 Å². The minimum atomic E-state index is 0.424. The summed E-state index contributed by atoms with van der Waals surface area (Å²) in [7, 11) is 2.21. The molecule has 2 nitrogen and oxygen atoms in total. The van der Waals surface area contributed by atoms with Crippen LogP contribution in [0.15, 0.2) is 24.3 Å². The molecule has 2 unspecified atom stereocenters. The van der Waals surface area contributed by atoms with Crippen LogP contribution in [-0.4, -0.2) is 18.9 Å². The third-order valence-electron chi connectivity index (χ3n) is 4.62. The van der Waals surface area contributed by atoms with Crippen molar-refractivity contribution in [2.45, 2.75) is 44.6 Å². The fourth-order valence-corrected chi connectivity index (χ4v) is 3.70. The van der Waals surface area contributed by atoms with Gasteiger partial charge in [0.05, 0.1) is 0 Å². The topological polar surface area (TPSA) is 20.3 Å². The predicted octanol–water partition coefficient (Wildman–Crippen LogP) is 3.20. The number of ketones is 1. The summed E-state index contributed by atoms with van der Waals surface area (Å²) in [5.41, 5.74) is 2.47. The molecule has 0 bridgehead atoms. The molecule has 1 aliphatic heterocycles. The number of Topliss-reactive ketones (excluding diaryl/α,β-unsaturated/α-hetero) is 1. The van der Waals surface area contributed by atoms with Gasteiger partial charge in [0.25, 0.3) is 0 Å². The van der Waals surface area contributed by atoms with Gasteiger partial charge in [-0.25, -0.2) is 0 Å². The number of fused-ring (bicyclic) bond motifs is 2. The Hall–Kier alpha value is -1.31. The van der Waals surface area contributed by atoms with Crippen molar-refractivity contribution in [1.82, 2.24) is 0 Å². The molecule has 0 radical (unpaired) electrons. The van der Waals surface area contributed by atoms with Gasteiger partial charge in [-0.2, -0.15) is 0 Å². The van der Waals surface area contributed by atoms with Gasteiger partial charge < -0.3 is 4.90 Å². The van der Waals surface area contributed by atoms with Gasteiger partial charge in [0, 0.05) is 31.6 Å². The molecule has 0 N–H and O–H groups in total. The Balaban J connectivity index is 2.00. The van der Waals surface area contributed by atoms with E-state index in [0.29, 0.717) is 24.2 Å². The number of nitrogens with zero attached hydrogens (tertiary/aromatic N) is 1. The van der Waals surface area contributed by atoms with Crippen molar-refractivity contribution in [3.63, 3.8) is 0 Å². The molecule has 1 fully saturated rings. The fourth-order valence-electron chi connectivity index (χ4n) is 3.70. The molecule has 1 heterocycles. The van der Waals surface area contributed by atoms with E-state index in [-0.39, 0.29) is 0 Å². The molecular formula is C16H21NO. The van der Waals surface area contributed by atoms with Gasteiger partial charge in [0.2, 0.25) is 0 Å². The van der Waals surface area contributed by atoms with E-state index in [0.717, 1.165) is 6.42 Å². The molecule has 2 aliphatic rings. The predicted molar refractivity (Wildman–Crippen MR) is 73.9 cm³/mol. The van der Waals surface area contributed by atoms with Crippen LogP contribution in [0.4, 0.5) is 5.69 Å². The first-order valence-electron chi connectivity index (χ1n) is 7.08. The molecule has 96 valence electrons. The number of benzene rings is 1. The number of para-hydroxylation sites is 1. The average Bonchev–Trinajstić information content (AvgIpc) is 2.38. The average molecular weight is 243 g/mol. The summed E-state index contributed by atoms with van der Waals surface area (Å²) >= 11 is 0. The van der Waals surface area contributed by atoms with Crippen LogP contribution in [0.2, 0.25) is 0 Å². The smallest absolute Gasteiger partial charge is 0.137 e. The Bertz CT molecular complexity index is 454. The van der Waals surface area contributed by atoms with Crippen LogP contribution in [0, 0.1) is 5.92 Å². The summed E-state index contributed by atoms with van der Waals surface area (Å²) in [6.45, 7) is 0. The maximum atomic E-state index is 12.1. The first-order chi connectivity index (χ1) is 8.75. The SMILES string of the molecule is CN1c2ccccc2CC(=O)CC2CCCCC21. The Kier molecular flexibility index (Phi) is 3.11. The summed E-state index contributed by atoms with van der Waals surface area (Å²) in [5, 5.41) is 0. The Labute approximate surface area is 109 Å². The zero-order valence-electron chi connectivity index (χ0n) is 11.1. The zero-order chi connectivity index (χ0) is 12.5. The summed E-state index contributed by atoms with van der Waals surface area (Å²) in [6, 6.07) is 8.95. The second kappa shape index (κ2) is 4.75. The third kappa shape index (κ3) is 2.05. The minimum Gasteiger partial charge on any atom is -0.371 e. The zero-order valence-corrected chi connectivity index (χ0v) is 11.1. The van der Waals surface area contributed by atoms with Crippen molar-refractivity contribution in [1.29, 1.82) is 0 Å². The van der Waals surface area contributed by atoms with E-state index in [9.17, 15) is 4.79 Å². The van der Waals surface area contributed by atoms with Gasteiger partial charge in [0.15, 0.2) is 0 Å². The van der Waals surface area contributed by atoms with Gasteiger partial charge in [-0.3, -0.25) is 4.79 Å². The van der Waals surface area contributed by atoms with Crippen molar-refractivity contribution in [3.05, 3.63) is 29.8 Å². The summed E-state index contributed by atoms with van der Waals surface area (Å²) in [4.78, 5) is 14.6. The summed E-state index contributed by atoms with van der Waals surface area (Å²) < 4.78 is 0. The number of rotatable bonds is 0. The maximum absolute atomic E-state index is 12.1. The molecule has 0 saturated heterocycles. The number of carbonyl (C=O) groups is 1. The van der Waals surface area contributed by atoms with E-state index in [1.807, 2.05) is 6.07 Å². The summed E-state index contributed by atoms with van der Waals surface area (Å²) in [5.74, 6) is 0.997. The standard InChI is InChI=1S/C16H21NO/c1-17-15-8-4-2-6-12(15)10-14(18)11-13-7-3-5-9-16(13)17/h2,4,6,8,13,16H,3,5,7,9-11H2,1H3. The molecule has 0 amide bonds. The number of carbonyl (C=O) groups excluding carboxylic acids is 1. The molecule has 0 aromatic heterocycles. The van der Waals surface area contributed by atoms with Crippen LogP contribution in [0.25, 0.3) is 0 Å². The molecule has 1 aromatic rings. The van der Waals surface area contributed by atoms with Gasteiger partial charge >= 0.3 is 0 Å². The lowest BCUT2D eigenvalue weighted by atomic mass is 9.78. The van der Waals surface area contributed by atoms with Crippen LogP contribution < -0.4 is 4.90 Å². The highest BCUT2D eigenvalue weighted by atomic mass is 16.1. The molecule has 0 spiro atoms. The second-order valence-corrected chi connectivity index (χ2v) is 5.77. The van der Waals surface area contributed by atoms with E-state index in [1.54, 1.807) is 0 Å². The first-order valence-corrected chi connectivity index (χ1v) is 7.08. The van der Waals surface area contributed by atoms with E-state index >= 15 is 0 Å². The van der Waals surface area contributed by atoms with E-state index in [2.05, 4.69) is 30.1 Å². The lowest BCUT2D eigenvalue weighted by molar-refractivity contribution is -0.119. The maximum Gasteiger partial charge on any atom is 0.137 e. The number of hydrogen-bond acceptors (Lipinski definition) is 2. The van der Waals surface area contributed by atoms with Crippen molar-refractivity contribution in [2.24, 2.45) is 5.92 Å². The van der Waals surface area contributed by atoms with Gasteiger partial charge in [0.1, 0.15) is 5.78 Å². The normalized spacial score (nSPS) is 28.1. The highest BCUT2D eigenvalue weighted by molar-refractivity contribution is 5.83. The van der Waals surface area contributed by atoms with Gasteiger partial charge in [-0.15, -0.1) is 0 Å². The van der Waals surface area contributed by atoms with Crippen LogP contribution in [0.5, 0.6) is 0 Å². The summed E-state index contributed by atoms with van der Waals surface area (Å²) in [6.07, 6.45) is 6.46. The number of anilines is 1. The van der Waals surface area contributed by atoms with Crippen molar-refractivity contribution in [3.8, 4) is 0 Å². The minimum absolute atomic E-state index is 0.424. The van der Waals surface area contributed by atoms with Gasteiger partial charge in [-0.1, -0.05) is 31.0 Å². The van der Waals surface area contributed by atoms with E-state index < -0.39 is 0 Å². The molecule has 1 aliphatic carbocycles.